The molecule has 36 heavy (non-hydrogen) atoms. The highest BCUT2D eigenvalue weighted by molar-refractivity contribution is 5.95. The number of hydrogen-bond donors (Lipinski definition) is 3. The molecule has 0 aromatic carbocycles. The molecule has 2 rings (SSSR count). The fraction of sp³-hybridized carbons (Fsp3) is 0.750. The van der Waals surface area contributed by atoms with Gasteiger partial charge in [0.2, 0.25) is 0 Å². The van der Waals surface area contributed by atoms with Gasteiger partial charge in [-0.1, -0.05) is 20.3 Å². The van der Waals surface area contributed by atoms with Crippen LogP contribution in [-0.2, 0) is 14.2 Å². The Morgan fingerprint density at radius 2 is 2.06 bits per heavy atom. The second-order valence-electron chi connectivity index (χ2n) is 9.35. The molecule has 0 spiro atoms. The molecule has 9 nitrogen and oxygen atoms in total. The molecule has 0 aliphatic carbocycles. The van der Waals surface area contributed by atoms with E-state index >= 15 is 0 Å². The van der Waals surface area contributed by atoms with Gasteiger partial charge in [0, 0.05) is 31.2 Å². The number of carbonyl (C=O) groups excluding carboxylic acids is 1. The molecule has 12 heteroatoms. The Hall–Kier alpha value is -2.15. The number of carbonyl (C=O) groups is 1. The minimum absolute atomic E-state index is 0.0600. The second-order valence-corrected chi connectivity index (χ2v) is 9.35. The fourth-order valence-electron chi connectivity index (χ4n) is 3.97. The summed E-state index contributed by atoms with van der Waals surface area (Å²) >= 11 is 0. The lowest BCUT2D eigenvalue weighted by Gasteiger charge is -2.32. The Morgan fingerprint density at radius 3 is 2.69 bits per heavy atom. The first-order valence-electron chi connectivity index (χ1n) is 12.0. The van der Waals surface area contributed by atoms with E-state index in [1.807, 2.05) is 0 Å². The summed E-state index contributed by atoms with van der Waals surface area (Å²) in [4.78, 5) is 16.6. The maximum absolute atomic E-state index is 12.7. The van der Waals surface area contributed by atoms with Crippen molar-refractivity contribution in [3.05, 3.63) is 18.0 Å². The van der Waals surface area contributed by atoms with Crippen molar-refractivity contribution in [2.45, 2.75) is 77.2 Å². The van der Waals surface area contributed by atoms with Crippen molar-refractivity contribution in [1.29, 1.82) is 0 Å². The maximum atomic E-state index is 12.7. The Balaban J connectivity index is 2.13. The number of aliphatic hydroxyl groups is 1. The van der Waals surface area contributed by atoms with Crippen molar-refractivity contribution in [3.63, 3.8) is 0 Å². The summed E-state index contributed by atoms with van der Waals surface area (Å²) in [6.45, 7) is 5.77. The van der Waals surface area contributed by atoms with Gasteiger partial charge in [0.25, 0.3) is 5.91 Å². The molecule has 206 valence electrons. The molecule has 0 radical (unpaired) electrons. The molecule has 1 aromatic heterocycles. The van der Waals surface area contributed by atoms with Crippen molar-refractivity contribution < 1.29 is 47.1 Å². The van der Waals surface area contributed by atoms with E-state index in [1.165, 1.54) is 19.4 Å². The SMILES string of the molecule is COc1ccnc(C(=O)N[C@H]2COC[C@H](CCC(C)C)[C@@H](OCCCC(F)(F)F)[C@H](C)OC2O)c1O. The molecule has 5 atom stereocenters. The van der Waals surface area contributed by atoms with Crippen molar-refractivity contribution in [2.75, 3.05) is 26.9 Å². The molecule has 1 aliphatic rings. The lowest BCUT2D eigenvalue weighted by Crippen LogP contribution is -2.49. The summed E-state index contributed by atoms with van der Waals surface area (Å²) < 4.78 is 60.0. The monoisotopic (exact) mass is 522 g/mol. The van der Waals surface area contributed by atoms with Crippen molar-refractivity contribution in [3.8, 4) is 11.5 Å². The van der Waals surface area contributed by atoms with Crippen LogP contribution in [0.25, 0.3) is 0 Å². The van der Waals surface area contributed by atoms with Gasteiger partial charge < -0.3 is 34.5 Å². The van der Waals surface area contributed by atoms with Gasteiger partial charge in [-0.25, -0.2) is 4.98 Å². The van der Waals surface area contributed by atoms with Crippen molar-refractivity contribution in [1.82, 2.24) is 10.3 Å². The number of nitrogens with zero attached hydrogens (tertiary/aromatic N) is 1. The highest BCUT2D eigenvalue weighted by Crippen LogP contribution is 2.29. The number of rotatable bonds is 10. The van der Waals surface area contributed by atoms with E-state index in [0.29, 0.717) is 12.3 Å². The molecule has 1 fully saturated rings. The molecule has 1 aliphatic heterocycles. The predicted molar refractivity (Wildman–Crippen MR) is 124 cm³/mol. The quantitative estimate of drug-likeness (QED) is 0.400. The zero-order chi connectivity index (χ0) is 26.9. The Morgan fingerprint density at radius 1 is 1.33 bits per heavy atom. The molecule has 0 bridgehead atoms. The third-order valence-electron chi connectivity index (χ3n) is 5.92. The first-order chi connectivity index (χ1) is 16.9. The summed E-state index contributed by atoms with van der Waals surface area (Å²) in [5, 5.41) is 23.5. The summed E-state index contributed by atoms with van der Waals surface area (Å²) in [6.07, 6.45) is -5.43. The van der Waals surface area contributed by atoms with Crippen LogP contribution in [0.15, 0.2) is 12.3 Å². The largest absolute Gasteiger partial charge is 0.503 e. The molecule has 2 heterocycles. The maximum Gasteiger partial charge on any atom is 0.389 e. The van der Waals surface area contributed by atoms with Gasteiger partial charge in [-0.2, -0.15) is 13.2 Å². The third-order valence-corrected chi connectivity index (χ3v) is 5.92. The molecule has 1 amide bonds. The number of hydrogen-bond acceptors (Lipinski definition) is 8. The average Bonchev–Trinajstić information content (AvgIpc) is 2.84. The van der Waals surface area contributed by atoms with Crippen LogP contribution in [0.1, 0.15) is 56.9 Å². The van der Waals surface area contributed by atoms with Gasteiger partial charge >= 0.3 is 6.18 Å². The van der Waals surface area contributed by atoms with Crippen molar-refractivity contribution >= 4 is 5.91 Å². The fourth-order valence-corrected chi connectivity index (χ4v) is 3.97. The molecular weight excluding hydrogens is 485 g/mol. The predicted octanol–water partition coefficient (Wildman–Crippen LogP) is 3.43. The summed E-state index contributed by atoms with van der Waals surface area (Å²) in [5.41, 5.74) is -0.296. The lowest BCUT2D eigenvalue weighted by molar-refractivity contribution is -0.187. The van der Waals surface area contributed by atoms with E-state index < -0.39 is 48.8 Å². The van der Waals surface area contributed by atoms with E-state index in [0.717, 1.165) is 6.42 Å². The Bertz CT molecular complexity index is 825. The van der Waals surface area contributed by atoms with Gasteiger partial charge in [-0.05, 0) is 25.7 Å². The van der Waals surface area contributed by atoms with E-state index in [-0.39, 0.29) is 43.6 Å². The van der Waals surface area contributed by atoms with Crippen LogP contribution in [-0.4, -0.2) is 78.8 Å². The zero-order valence-corrected chi connectivity index (χ0v) is 21.1. The number of aromatic hydroxyl groups is 1. The lowest BCUT2D eigenvalue weighted by atomic mass is 9.91. The van der Waals surface area contributed by atoms with E-state index in [1.54, 1.807) is 6.92 Å². The van der Waals surface area contributed by atoms with Gasteiger partial charge in [0.1, 0.15) is 6.04 Å². The highest BCUT2D eigenvalue weighted by atomic mass is 19.4. The number of nitrogens with one attached hydrogen (secondary N) is 1. The first kappa shape index (κ1) is 30.1. The van der Waals surface area contributed by atoms with Crippen LogP contribution < -0.4 is 10.1 Å². The topological polar surface area (TPSA) is 119 Å². The normalized spacial score (nSPS) is 25.6. The van der Waals surface area contributed by atoms with E-state index in [2.05, 4.69) is 24.1 Å². The van der Waals surface area contributed by atoms with Gasteiger partial charge in [-0.15, -0.1) is 0 Å². The number of aliphatic hydroxyl groups excluding tert-OH is 1. The third kappa shape index (κ3) is 9.38. The summed E-state index contributed by atoms with van der Waals surface area (Å²) in [5.74, 6) is -0.971. The molecule has 1 saturated heterocycles. The second kappa shape index (κ2) is 14.0. The van der Waals surface area contributed by atoms with Crippen LogP contribution in [0.4, 0.5) is 13.2 Å². The Labute approximate surface area is 209 Å². The van der Waals surface area contributed by atoms with Gasteiger partial charge in [0.05, 0.1) is 32.5 Å². The molecule has 1 unspecified atom stereocenters. The molecule has 3 N–H and O–H groups in total. The van der Waals surface area contributed by atoms with Crippen LogP contribution >= 0.6 is 0 Å². The number of halogens is 3. The number of aromatic nitrogens is 1. The number of methoxy groups -OCH3 is 1. The molecular formula is C24H37F3N2O7. The standard InChI is InChI=1S/C24H37F3N2O7/c1-14(2)6-7-16-12-34-13-17(29-22(31)19-20(30)18(33-4)8-10-28-19)23(32)36-15(3)21(16)35-11-5-9-24(25,26)27/h8,10,14-17,21,23,30,32H,5-7,9,11-13H2,1-4H3,(H,29,31)/t15-,16-,17-,21-,23?/m0/s1. The van der Waals surface area contributed by atoms with Crippen LogP contribution in [0.5, 0.6) is 11.5 Å². The summed E-state index contributed by atoms with van der Waals surface area (Å²) in [6, 6.07) is 0.378. The summed E-state index contributed by atoms with van der Waals surface area (Å²) in [7, 11) is 1.33. The van der Waals surface area contributed by atoms with Gasteiger partial charge in [-0.3, -0.25) is 4.79 Å². The van der Waals surface area contributed by atoms with Crippen molar-refractivity contribution in [2.24, 2.45) is 11.8 Å². The van der Waals surface area contributed by atoms with Crippen LogP contribution in [0, 0.1) is 11.8 Å². The minimum Gasteiger partial charge on any atom is -0.503 e. The zero-order valence-electron chi connectivity index (χ0n) is 21.1. The number of pyridine rings is 1. The number of alkyl halides is 3. The van der Waals surface area contributed by atoms with Crippen LogP contribution in [0.2, 0.25) is 0 Å². The van der Waals surface area contributed by atoms with Crippen LogP contribution in [0.3, 0.4) is 0 Å². The average molecular weight is 523 g/mol. The number of amides is 1. The highest BCUT2D eigenvalue weighted by Gasteiger charge is 2.36. The molecule has 0 saturated carbocycles. The minimum atomic E-state index is -4.27. The molecule has 1 aromatic rings. The first-order valence-corrected chi connectivity index (χ1v) is 12.0. The smallest absolute Gasteiger partial charge is 0.389 e. The number of ether oxygens (including phenoxy) is 4. The van der Waals surface area contributed by atoms with E-state index in [4.69, 9.17) is 18.9 Å². The van der Waals surface area contributed by atoms with Gasteiger partial charge in [0.15, 0.2) is 23.5 Å². The van der Waals surface area contributed by atoms with E-state index in [9.17, 15) is 28.2 Å². The Kier molecular flexibility index (Phi) is 11.7.